The van der Waals surface area contributed by atoms with Gasteiger partial charge in [0.2, 0.25) is 5.95 Å². The molecule has 2 aromatic rings. The highest BCUT2D eigenvalue weighted by molar-refractivity contribution is 5.67. The van der Waals surface area contributed by atoms with Crippen LogP contribution in [0.25, 0.3) is 11.3 Å². The van der Waals surface area contributed by atoms with Gasteiger partial charge in [-0.15, -0.1) is 0 Å². The van der Waals surface area contributed by atoms with Crippen LogP contribution in [0.4, 0.5) is 19.1 Å². The molecule has 0 atom stereocenters. The van der Waals surface area contributed by atoms with Crippen LogP contribution in [-0.2, 0) is 12.3 Å². The Morgan fingerprint density at radius 3 is 2.50 bits per heavy atom. The molecule has 4 rings (SSSR count). The maximum Gasteiger partial charge on any atom is 0.290 e. The van der Waals surface area contributed by atoms with E-state index in [-0.39, 0.29) is 37.6 Å². The van der Waals surface area contributed by atoms with Crippen LogP contribution >= 0.6 is 0 Å². The lowest BCUT2D eigenvalue weighted by molar-refractivity contribution is -0.00594. The van der Waals surface area contributed by atoms with E-state index in [2.05, 4.69) is 9.97 Å². The summed E-state index contributed by atoms with van der Waals surface area (Å²) in [6.45, 7) is 0.290. The first-order valence-electron chi connectivity index (χ1n) is 7.80. The number of hydrogen-bond acceptors (Lipinski definition) is 4. The molecule has 1 aromatic heterocycles. The quantitative estimate of drug-likeness (QED) is 0.862. The summed E-state index contributed by atoms with van der Waals surface area (Å²) in [5, 5.41) is 0. The number of alkyl halides is 3. The van der Waals surface area contributed by atoms with Gasteiger partial charge in [0.25, 0.3) is 5.92 Å². The van der Waals surface area contributed by atoms with Gasteiger partial charge in [-0.05, 0) is 30.7 Å². The van der Waals surface area contributed by atoms with E-state index in [0.717, 1.165) is 5.56 Å². The van der Waals surface area contributed by atoms with Crippen LogP contribution in [0.5, 0.6) is 5.75 Å². The summed E-state index contributed by atoms with van der Waals surface area (Å²) < 4.78 is 46.6. The van der Waals surface area contributed by atoms with Crippen molar-refractivity contribution in [3.8, 4) is 17.0 Å². The van der Waals surface area contributed by atoms with Gasteiger partial charge in [-0.25, -0.2) is 14.4 Å². The van der Waals surface area contributed by atoms with Crippen molar-refractivity contribution < 1.29 is 17.9 Å². The maximum atomic E-state index is 14.2. The fourth-order valence-electron chi connectivity index (χ4n) is 3.13. The molecule has 0 unspecified atom stereocenters. The highest BCUT2D eigenvalue weighted by atomic mass is 19.3. The van der Waals surface area contributed by atoms with Gasteiger partial charge in [-0.2, -0.15) is 8.78 Å². The van der Waals surface area contributed by atoms with Crippen LogP contribution in [0.3, 0.4) is 0 Å². The Kier molecular flexibility index (Phi) is 3.40. The number of ether oxygens (including phenoxy) is 1. The third-order valence-corrected chi connectivity index (χ3v) is 4.51. The van der Waals surface area contributed by atoms with E-state index in [1.165, 1.54) is 0 Å². The fraction of sp³-hybridized carbons (Fsp3) is 0.412. The molecule has 126 valence electrons. The summed E-state index contributed by atoms with van der Waals surface area (Å²) in [7, 11) is 1.56. The Balaban J connectivity index is 1.82. The third kappa shape index (κ3) is 2.39. The molecule has 2 aliphatic rings. The van der Waals surface area contributed by atoms with Crippen molar-refractivity contribution in [1.29, 1.82) is 0 Å². The van der Waals surface area contributed by atoms with Gasteiger partial charge in [0.15, 0.2) is 0 Å². The minimum absolute atomic E-state index is 0.145. The molecule has 0 N–H and O–H groups in total. The highest BCUT2D eigenvalue weighted by Crippen LogP contribution is 2.44. The molecule has 0 saturated carbocycles. The molecule has 1 aromatic carbocycles. The van der Waals surface area contributed by atoms with E-state index < -0.39 is 12.1 Å². The molecule has 24 heavy (non-hydrogen) atoms. The molecular formula is C17H16F3N3O. The van der Waals surface area contributed by atoms with E-state index in [9.17, 15) is 13.2 Å². The second kappa shape index (κ2) is 5.36. The topological polar surface area (TPSA) is 38.2 Å². The summed E-state index contributed by atoms with van der Waals surface area (Å²) in [5.74, 6) is -2.11. The summed E-state index contributed by atoms with van der Waals surface area (Å²) >= 11 is 0. The molecule has 0 spiro atoms. The van der Waals surface area contributed by atoms with Gasteiger partial charge in [0.05, 0.1) is 25.9 Å². The monoisotopic (exact) mass is 335 g/mol. The fourth-order valence-corrected chi connectivity index (χ4v) is 3.13. The highest BCUT2D eigenvalue weighted by Gasteiger charge is 2.44. The summed E-state index contributed by atoms with van der Waals surface area (Å²) in [6, 6.07) is 7.10. The average molecular weight is 335 g/mol. The van der Waals surface area contributed by atoms with E-state index in [1.54, 1.807) is 36.3 Å². The maximum absolute atomic E-state index is 14.2. The molecule has 1 aliphatic carbocycles. The summed E-state index contributed by atoms with van der Waals surface area (Å²) in [4.78, 5) is 10.1. The SMILES string of the molecule is COc1ccc(-c2nc(N3CC(F)C3)nc3c2CCC3(F)F)cc1. The number of hydrogen-bond donors (Lipinski definition) is 0. The van der Waals surface area contributed by atoms with Crippen molar-refractivity contribution in [2.75, 3.05) is 25.1 Å². The lowest BCUT2D eigenvalue weighted by Gasteiger charge is -2.34. The molecule has 0 amide bonds. The first-order valence-corrected chi connectivity index (χ1v) is 7.80. The molecule has 0 bridgehead atoms. The molecule has 1 saturated heterocycles. The number of nitrogens with zero attached hydrogens (tertiary/aromatic N) is 3. The zero-order valence-electron chi connectivity index (χ0n) is 13.1. The van der Waals surface area contributed by atoms with Gasteiger partial charge in [0, 0.05) is 17.5 Å². The van der Waals surface area contributed by atoms with Crippen LogP contribution in [0.2, 0.25) is 0 Å². The molecule has 4 nitrogen and oxygen atoms in total. The standard InChI is InChI=1S/C17H16F3N3O/c1-24-12-4-2-10(3-5-12)14-13-6-7-17(19,20)15(13)22-16(21-14)23-8-11(18)9-23/h2-5,11H,6-9H2,1H3. The number of fused-ring (bicyclic) bond motifs is 1. The van der Waals surface area contributed by atoms with Crippen LogP contribution in [-0.4, -0.2) is 36.3 Å². The molecule has 1 fully saturated rings. The van der Waals surface area contributed by atoms with Crippen LogP contribution in [0.1, 0.15) is 17.7 Å². The second-order valence-corrected chi connectivity index (χ2v) is 6.13. The zero-order valence-corrected chi connectivity index (χ0v) is 13.1. The minimum Gasteiger partial charge on any atom is -0.497 e. The molecule has 2 heterocycles. The number of aromatic nitrogens is 2. The third-order valence-electron chi connectivity index (χ3n) is 4.51. The predicted molar refractivity (Wildman–Crippen MR) is 83.3 cm³/mol. The van der Waals surface area contributed by atoms with E-state index >= 15 is 0 Å². The van der Waals surface area contributed by atoms with Crippen molar-refractivity contribution in [3.05, 3.63) is 35.5 Å². The summed E-state index contributed by atoms with van der Waals surface area (Å²) in [5.41, 5.74) is 1.48. The smallest absolute Gasteiger partial charge is 0.290 e. The molecule has 1 aliphatic heterocycles. The summed E-state index contributed by atoms with van der Waals surface area (Å²) in [6.07, 6.45) is -0.989. The van der Waals surface area contributed by atoms with Crippen molar-refractivity contribution >= 4 is 5.95 Å². The van der Waals surface area contributed by atoms with Gasteiger partial charge >= 0.3 is 0 Å². The Labute approximate surface area is 137 Å². The Bertz CT molecular complexity index is 773. The van der Waals surface area contributed by atoms with Crippen LogP contribution in [0, 0.1) is 0 Å². The Morgan fingerprint density at radius 1 is 1.17 bits per heavy atom. The van der Waals surface area contributed by atoms with Gasteiger partial charge in [-0.1, -0.05) is 0 Å². The van der Waals surface area contributed by atoms with Gasteiger partial charge < -0.3 is 9.64 Å². The van der Waals surface area contributed by atoms with E-state index in [0.29, 0.717) is 17.0 Å². The largest absolute Gasteiger partial charge is 0.497 e. The number of anilines is 1. The van der Waals surface area contributed by atoms with Crippen LogP contribution in [0.15, 0.2) is 24.3 Å². The predicted octanol–water partition coefficient (Wildman–Crippen LogP) is 3.35. The average Bonchev–Trinajstić information content (AvgIpc) is 2.86. The number of halogens is 3. The molecule has 7 heteroatoms. The molecular weight excluding hydrogens is 319 g/mol. The Hall–Kier alpha value is -2.31. The lowest BCUT2D eigenvalue weighted by atomic mass is 10.0. The first-order chi connectivity index (χ1) is 11.5. The number of methoxy groups -OCH3 is 1. The second-order valence-electron chi connectivity index (χ2n) is 6.13. The first kappa shape index (κ1) is 15.2. The molecule has 0 radical (unpaired) electrons. The van der Waals surface area contributed by atoms with Gasteiger partial charge in [-0.3, -0.25) is 0 Å². The van der Waals surface area contributed by atoms with Crippen LogP contribution < -0.4 is 9.64 Å². The normalized spacial score (nSPS) is 19.1. The van der Waals surface area contributed by atoms with Gasteiger partial charge in [0.1, 0.15) is 17.6 Å². The Morgan fingerprint density at radius 2 is 1.88 bits per heavy atom. The van der Waals surface area contributed by atoms with Crippen molar-refractivity contribution in [1.82, 2.24) is 9.97 Å². The van der Waals surface area contributed by atoms with Crippen molar-refractivity contribution in [2.45, 2.75) is 24.9 Å². The zero-order chi connectivity index (χ0) is 16.9. The van der Waals surface area contributed by atoms with Crippen molar-refractivity contribution in [2.24, 2.45) is 0 Å². The van der Waals surface area contributed by atoms with Crippen molar-refractivity contribution in [3.63, 3.8) is 0 Å². The van der Waals surface area contributed by atoms with E-state index in [1.807, 2.05) is 0 Å². The number of benzene rings is 1. The lowest BCUT2D eigenvalue weighted by Crippen LogP contribution is -2.49. The number of rotatable bonds is 3. The minimum atomic E-state index is -2.96. The van der Waals surface area contributed by atoms with E-state index in [4.69, 9.17) is 4.74 Å².